The van der Waals surface area contributed by atoms with Crippen molar-refractivity contribution in [1.82, 2.24) is 4.90 Å². The van der Waals surface area contributed by atoms with E-state index in [0.717, 1.165) is 17.1 Å². The van der Waals surface area contributed by atoms with Gasteiger partial charge in [0.1, 0.15) is 24.2 Å². The van der Waals surface area contributed by atoms with Crippen LogP contribution in [0, 0.1) is 5.92 Å². The van der Waals surface area contributed by atoms with Gasteiger partial charge < -0.3 is 23.8 Å². The maximum atomic E-state index is 12.8. The minimum absolute atomic E-state index is 0.0119. The fraction of sp³-hybridized carbons (Fsp3) is 0.381. The molecule has 2 aliphatic heterocycles. The van der Waals surface area contributed by atoms with E-state index in [1.807, 2.05) is 47.4 Å². The van der Waals surface area contributed by atoms with Crippen molar-refractivity contribution in [3.05, 3.63) is 48.0 Å². The number of carbonyl (C=O) groups excluding carboxylic acids is 1. The molecule has 0 bridgehead atoms. The van der Waals surface area contributed by atoms with Gasteiger partial charge in [-0.05, 0) is 42.3 Å². The summed E-state index contributed by atoms with van der Waals surface area (Å²) >= 11 is 0. The topological polar surface area (TPSA) is 57.2 Å². The fourth-order valence-electron chi connectivity index (χ4n) is 3.50. The first kappa shape index (κ1) is 17.5. The lowest BCUT2D eigenvalue weighted by Gasteiger charge is -2.41. The summed E-state index contributed by atoms with van der Waals surface area (Å²) in [4.78, 5) is 14.6. The van der Waals surface area contributed by atoms with Crippen LogP contribution in [-0.4, -0.2) is 50.8 Å². The third kappa shape index (κ3) is 3.52. The largest absolute Gasteiger partial charge is 0.497 e. The molecule has 0 spiro atoms. The lowest BCUT2D eigenvalue weighted by atomic mass is 9.94. The van der Waals surface area contributed by atoms with E-state index >= 15 is 0 Å². The van der Waals surface area contributed by atoms with E-state index in [-0.39, 0.29) is 17.9 Å². The first-order valence-electron chi connectivity index (χ1n) is 9.06. The number of methoxy groups -OCH3 is 2. The molecule has 2 heterocycles. The number of para-hydroxylation sites is 2. The molecule has 27 heavy (non-hydrogen) atoms. The van der Waals surface area contributed by atoms with Crippen molar-refractivity contribution in [3.8, 4) is 23.0 Å². The molecule has 0 saturated carbocycles. The van der Waals surface area contributed by atoms with Gasteiger partial charge in [-0.15, -0.1) is 0 Å². The molecule has 2 aromatic rings. The lowest BCUT2D eigenvalue weighted by Crippen LogP contribution is -2.58. The number of rotatable bonds is 5. The molecule has 142 valence electrons. The maximum Gasteiger partial charge on any atom is 0.229 e. The third-order valence-corrected chi connectivity index (χ3v) is 5.05. The second kappa shape index (κ2) is 7.39. The Hall–Kier alpha value is -2.89. The standard InChI is InChI=1S/C21H23NO5/c1-24-16-7-8-18-14(10-16)9-15(13-26-18)21(23)22-11-17(12-22)27-20-6-4-3-5-19(20)25-2/h3-8,10,15,17H,9,11-13H2,1-2H3/t15-/m0/s1. The van der Waals surface area contributed by atoms with Crippen LogP contribution < -0.4 is 18.9 Å². The van der Waals surface area contributed by atoms with E-state index in [4.69, 9.17) is 18.9 Å². The Morgan fingerprint density at radius 3 is 2.59 bits per heavy atom. The highest BCUT2D eigenvalue weighted by Gasteiger charge is 2.38. The normalized spacial score (nSPS) is 18.7. The molecule has 0 N–H and O–H groups in total. The Balaban J connectivity index is 1.34. The van der Waals surface area contributed by atoms with Crippen molar-refractivity contribution in [2.24, 2.45) is 5.92 Å². The molecule has 0 aromatic heterocycles. The zero-order valence-corrected chi connectivity index (χ0v) is 15.5. The molecule has 6 nitrogen and oxygen atoms in total. The van der Waals surface area contributed by atoms with Crippen LogP contribution in [0.4, 0.5) is 0 Å². The van der Waals surface area contributed by atoms with Crippen LogP contribution in [0.1, 0.15) is 5.56 Å². The first-order valence-corrected chi connectivity index (χ1v) is 9.06. The summed E-state index contributed by atoms with van der Waals surface area (Å²) in [6, 6.07) is 13.3. The molecule has 6 heteroatoms. The number of fused-ring (bicyclic) bond motifs is 1. The summed E-state index contributed by atoms with van der Waals surface area (Å²) in [5.41, 5.74) is 1.02. The number of amides is 1. The first-order chi connectivity index (χ1) is 13.2. The highest BCUT2D eigenvalue weighted by atomic mass is 16.5. The number of carbonyl (C=O) groups is 1. The molecule has 4 rings (SSSR count). The summed E-state index contributed by atoms with van der Waals surface area (Å²) in [7, 11) is 3.25. The Kier molecular flexibility index (Phi) is 4.79. The Bertz CT molecular complexity index is 831. The van der Waals surface area contributed by atoms with Gasteiger partial charge in [-0.25, -0.2) is 0 Å². The van der Waals surface area contributed by atoms with Gasteiger partial charge in [0, 0.05) is 0 Å². The van der Waals surface area contributed by atoms with Gasteiger partial charge in [0.05, 0.1) is 33.2 Å². The van der Waals surface area contributed by atoms with Crippen LogP contribution in [0.5, 0.6) is 23.0 Å². The van der Waals surface area contributed by atoms with Crippen molar-refractivity contribution in [2.75, 3.05) is 33.9 Å². The van der Waals surface area contributed by atoms with Gasteiger partial charge >= 0.3 is 0 Å². The SMILES string of the molecule is COc1ccc2c(c1)C[C@H](C(=O)N1CC(Oc3ccccc3OC)C1)CO2. The molecular weight excluding hydrogens is 346 g/mol. The highest BCUT2D eigenvalue weighted by molar-refractivity contribution is 5.80. The number of likely N-dealkylation sites (tertiary alicyclic amines) is 1. The quantitative estimate of drug-likeness (QED) is 0.811. The van der Waals surface area contributed by atoms with Crippen molar-refractivity contribution >= 4 is 5.91 Å². The molecule has 1 saturated heterocycles. The third-order valence-electron chi connectivity index (χ3n) is 5.05. The van der Waals surface area contributed by atoms with E-state index in [1.165, 1.54) is 0 Å². The second-order valence-electron chi connectivity index (χ2n) is 6.82. The zero-order valence-electron chi connectivity index (χ0n) is 15.5. The van der Waals surface area contributed by atoms with Crippen LogP contribution in [0.2, 0.25) is 0 Å². The van der Waals surface area contributed by atoms with Crippen molar-refractivity contribution in [2.45, 2.75) is 12.5 Å². The second-order valence-corrected chi connectivity index (χ2v) is 6.82. The minimum Gasteiger partial charge on any atom is -0.497 e. The van der Waals surface area contributed by atoms with Gasteiger partial charge in [0.15, 0.2) is 11.5 Å². The number of benzene rings is 2. The van der Waals surface area contributed by atoms with E-state index in [1.54, 1.807) is 14.2 Å². The Morgan fingerprint density at radius 1 is 1.07 bits per heavy atom. The van der Waals surface area contributed by atoms with Crippen LogP contribution in [0.25, 0.3) is 0 Å². The van der Waals surface area contributed by atoms with Gasteiger partial charge in [-0.1, -0.05) is 12.1 Å². The van der Waals surface area contributed by atoms with Crippen LogP contribution in [0.15, 0.2) is 42.5 Å². The molecule has 0 unspecified atom stereocenters. The smallest absolute Gasteiger partial charge is 0.229 e. The van der Waals surface area contributed by atoms with Gasteiger partial charge in [-0.2, -0.15) is 0 Å². The highest BCUT2D eigenvalue weighted by Crippen LogP contribution is 2.33. The zero-order chi connectivity index (χ0) is 18.8. The van der Waals surface area contributed by atoms with E-state index in [0.29, 0.717) is 37.6 Å². The predicted molar refractivity (Wildman–Crippen MR) is 99.7 cm³/mol. The number of ether oxygens (including phenoxy) is 4. The summed E-state index contributed by atoms with van der Waals surface area (Å²) < 4.78 is 22.3. The van der Waals surface area contributed by atoms with Gasteiger partial charge in [0.2, 0.25) is 5.91 Å². The maximum absolute atomic E-state index is 12.8. The molecule has 0 radical (unpaired) electrons. The van der Waals surface area contributed by atoms with Crippen molar-refractivity contribution < 1.29 is 23.7 Å². The summed E-state index contributed by atoms with van der Waals surface area (Å²) in [5.74, 6) is 2.97. The van der Waals surface area contributed by atoms with Gasteiger partial charge in [-0.3, -0.25) is 4.79 Å². The van der Waals surface area contributed by atoms with E-state index in [2.05, 4.69) is 0 Å². The number of hydrogen-bond acceptors (Lipinski definition) is 5. The lowest BCUT2D eigenvalue weighted by molar-refractivity contribution is -0.145. The predicted octanol–water partition coefficient (Wildman–Crippen LogP) is 2.54. The van der Waals surface area contributed by atoms with Crippen LogP contribution in [0.3, 0.4) is 0 Å². The molecule has 1 amide bonds. The molecule has 1 atom stereocenters. The van der Waals surface area contributed by atoms with E-state index in [9.17, 15) is 4.79 Å². The Morgan fingerprint density at radius 2 is 1.85 bits per heavy atom. The van der Waals surface area contributed by atoms with Gasteiger partial charge in [0.25, 0.3) is 0 Å². The van der Waals surface area contributed by atoms with Crippen LogP contribution in [-0.2, 0) is 11.2 Å². The molecule has 1 fully saturated rings. The number of nitrogens with zero attached hydrogens (tertiary/aromatic N) is 1. The minimum atomic E-state index is -0.170. The van der Waals surface area contributed by atoms with Crippen LogP contribution >= 0.6 is 0 Å². The summed E-state index contributed by atoms with van der Waals surface area (Å²) in [5, 5.41) is 0. The average Bonchev–Trinajstić information content (AvgIpc) is 2.69. The van der Waals surface area contributed by atoms with Crippen molar-refractivity contribution in [3.63, 3.8) is 0 Å². The molecular formula is C21H23NO5. The summed E-state index contributed by atoms with van der Waals surface area (Å²) in [6.07, 6.45) is 0.655. The summed E-state index contributed by atoms with van der Waals surface area (Å²) in [6.45, 7) is 1.57. The molecule has 2 aromatic carbocycles. The fourth-order valence-corrected chi connectivity index (χ4v) is 3.50. The Labute approximate surface area is 158 Å². The average molecular weight is 369 g/mol. The number of hydrogen-bond donors (Lipinski definition) is 0. The monoisotopic (exact) mass is 369 g/mol. The molecule has 2 aliphatic rings. The van der Waals surface area contributed by atoms with Crippen molar-refractivity contribution in [1.29, 1.82) is 0 Å². The van der Waals surface area contributed by atoms with E-state index < -0.39 is 0 Å². The molecule has 0 aliphatic carbocycles.